The molecule has 0 N–H and O–H groups in total. The van der Waals surface area contributed by atoms with E-state index in [9.17, 15) is 4.79 Å². The van der Waals surface area contributed by atoms with Crippen molar-refractivity contribution in [3.63, 3.8) is 0 Å². The maximum absolute atomic E-state index is 12.6. The van der Waals surface area contributed by atoms with Gasteiger partial charge in [-0.15, -0.1) is 11.3 Å². The van der Waals surface area contributed by atoms with Crippen molar-refractivity contribution in [2.45, 2.75) is 19.4 Å². The van der Waals surface area contributed by atoms with Gasteiger partial charge in [0, 0.05) is 19.0 Å². The summed E-state index contributed by atoms with van der Waals surface area (Å²) in [5, 5.41) is 6.06. The molecule has 0 bridgehead atoms. The van der Waals surface area contributed by atoms with Crippen LogP contribution in [0.4, 0.5) is 0 Å². The Bertz CT molecular complexity index is 689. The molecule has 2 saturated heterocycles. The summed E-state index contributed by atoms with van der Waals surface area (Å²) in [5.74, 6) is 1.73. The fourth-order valence-corrected chi connectivity index (χ4v) is 4.05. The summed E-state index contributed by atoms with van der Waals surface area (Å²) >= 11 is 1.60. The quantitative estimate of drug-likeness (QED) is 0.827. The Hall–Kier alpha value is -1.77. The van der Waals surface area contributed by atoms with Crippen LogP contribution < -0.4 is 0 Å². The third kappa shape index (κ3) is 3.91. The van der Waals surface area contributed by atoms with Crippen molar-refractivity contribution in [2.75, 3.05) is 39.4 Å². The van der Waals surface area contributed by atoms with Gasteiger partial charge < -0.3 is 14.2 Å². The molecule has 1 amide bonds. The van der Waals surface area contributed by atoms with Crippen LogP contribution in [0.25, 0.3) is 10.7 Å². The average molecular weight is 362 g/mol. The maximum atomic E-state index is 12.6. The number of thiophene rings is 1. The first-order valence-electron chi connectivity index (χ1n) is 8.75. The van der Waals surface area contributed by atoms with Gasteiger partial charge in [0.05, 0.1) is 24.6 Å². The lowest BCUT2D eigenvalue weighted by Gasteiger charge is -2.35. The minimum absolute atomic E-state index is 0.138. The lowest BCUT2D eigenvalue weighted by atomic mass is 9.95. The number of morpholine rings is 1. The molecular weight excluding hydrogens is 340 g/mol. The van der Waals surface area contributed by atoms with E-state index in [1.165, 1.54) is 0 Å². The third-order valence-electron chi connectivity index (χ3n) is 4.83. The molecule has 0 spiro atoms. The molecule has 2 aliphatic rings. The minimum Gasteiger partial charge on any atom is -0.378 e. The van der Waals surface area contributed by atoms with E-state index < -0.39 is 0 Å². The number of hydrogen-bond acceptors (Lipinski definition) is 7. The summed E-state index contributed by atoms with van der Waals surface area (Å²) in [6, 6.07) is 3.97. The molecular formula is C17H22N4O3S. The van der Waals surface area contributed by atoms with E-state index in [4.69, 9.17) is 9.26 Å². The molecule has 4 rings (SSSR count). The first-order valence-corrected chi connectivity index (χ1v) is 9.63. The van der Waals surface area contributed by atoms with Gasteiger partial charge in [-0.25, -0.2) is 0 Å². The number of hydrogen-bond donors (Lipinski definition) is 0. The molecule has 2 aromatic heterocycles. The number of ether oxygens (including phenoxy) is 1. The SMILES string of the molecule is O=C(C1CCN(Cc2nc(-c3cccs3)no2)CC1)N1CCOCC1. The van der Waals surface area contributed by atoms with Crippen LogP contribution in [0.2, 0.25) is 0 Å². The Kier molecular flexibility index (Phi) is 5.09. The van der Waals surface area contributed by atoms with Crippen molar-refractivity contribution >= 4 is 17.2 Å². The summed E-state index contributed by atoms with van der Waals surface area (Å²) in [5.41, 5.74) is 0. The number of carbonyl (C=O) groups excluding carboxylic acids is 1. The molecule has 134 valence electrons. The lowest BCUT2D eigenvalue weighted by Crippen LogP contribution is -2.46. The zero-order valence-electron chi connectivity index (χ0n) is 14.1. The van der Waals surface area contributed by atoms with Gasteiger partial charge in [0.25, 0.3) is 0 Å². The van der Waals surface area contributed by atoms with Crippen LogP contribution >= 0.6 is 11.3 Å². The highest BCUT2D eigenvalue weighted by atomic mass is 32.1. The van der Waals surface area contributed by atoms with Gasteiger partial charge in [-0.2, -0.15) is 4.98 Å². The molecule has 2 aliphatic heterocycles. The predicted octanol–water partition coefficient (Wildman–Crippen LogP) is 1.87. The fourth-order valence-electron chi connectivity index (χ4n) is 3.40. The van der Waals surface area contributed by atoms with Crippen molar-refractivity contribution in [1.29, 1.82) is 0 Å². The van der Waals surface area contributed by atoms with Gasteiger partial charge in [-0.1, -0.05) is 11.2 Å². The number of piperidine rings is 1. The minimum atomic E-state index is 0.138. The number of likely N-dealkylation sites (tertiary alicyclic amines) is 1. The number of carbonyl (C=O) groups is 1. The van der Waals surface area contributed by atoms with Gasteiger partial charge >= 0.3 is 0 Å². The Morgan fingerprint density at radius 3 is 2.76 bits per heavy atom. The Morgan fingerprint density at radius 1 is 1.24 bits per heavy atom. The van der Waals surface area contributed by atoms with E-state index in [2.05, 4.69) is 15.0 Å². The standard InChI is InChI=1S/C17H22N4O3S/c22-17(21-7-9-23-10-8-21)13-3-5-20(6-4-13)12-15-18-16(19-24-15)14-2-1-11-25-14/h1-2,11,13H,3-10,12H2. The normalized spacial score (nSPS) is 20.1. The highest BCUT2D eigenvalue weighted by Crippen LogP contribution is 2.24. The van der Waals surface area contributed by atoms with E-state index in [1.54, 1.807) is 11.3 Å². The van der Waals surface area contributed by atoms with Crippen LogP contribution in [-0.2, 0) is 16.1 Å². The molecule has 8 heteroatoms. The first kappa shape index (κ1) is 16.7. The average Bonchev–Trinajstić information content (AvgIpc) is 3.34. The second kappa shape index (κ2) is 7.63. The van der Waals surface area contributed by atoms with Gasteiger partial charge in [0.15, 0.2) is 0 Å². The van der Waals surface area contributed by atoms with Crippen LogP contribution in [0, 0.1) is 5.92 Å². The van der Waals surface area contributed by atoms with E-state index in [0.29, 0.717) is 37.4 Å². The summed E-state index contributed by atoms with van der Waals surface area (Å²) in [4.78, 5) is 22.3. The molecule has 0 atom stereocenters. The highest BCUT2D eigenvalue weighted by Gasteiger charge is 2.29. The van der Waals surface area contributed by atoms with E-state index in [-0.39, 0.29) is 5.92 Å². The number of aromatic nitrogens is 2. The van der Waals surface area contributed by atoms with Gasteiger partial charge in [0.2, 0.25) is 17.6 Å². The van der Waals surface area contributed by atoms with Crippen molar-refractivity contribution in [3.8, 4) is 10.7 Å². The molecule has 0 aliphatic carbocycles. The molecule has 2 aromatic rings. The summed E-state index contributed by atoms with van der Waals surface area (Å²) < 4.78 is 10.7. The van der Waals surface area contributed by atoms with Crippen molar-refractivity contribution < 1.29 is 14.1 Å². The van der Waals surface area contributed by atoms with Gasteiger partial charge in [-0.3, -0.25) is 9.69 Å². The first-order chi connectivity index (χ1) is 12.3. The van der Waals surface area contributed by atoms with Crippen LogP contribution in [-0.4, -0.2) is 65.2 Å². The van der Waals surface area contributed by atoms with E-state index in [1.807, 2.05) is 22.4 Å². The van der Waals surface area contributed by atoms with Gasteiger partial charge in [-0.05, 0) is 37.4 Å². The molecule has 0 radical (unpaired) electrons. The van der Waals surface area contributed by atoms with Crippen LogP contribution in [0.15, 0.2) is 22.0 Å². The Balaban J connectivity index is 1.28. The predicted molar refractivity (Wildman–Crippen MR) is 93.0 cm³/mol. The zero-order valence-corrected chi connectivity index (χ0v) is 14.9. The molecule has 0 aromatic carbocycles. The Labute approximate surface area is 150 Å². The van der Waals surface area contributed by atoms with E-state index in [0.717, 1.165) is 43.9 Å². The van der Waals surface area contributed by atoms with Gasteiger partial charge in [0.1, 0.15) is 0 Å². The van der Waals surface area contributed by atoms with E-state index >= 15 is 0 Å². The molecule has 2 fully saturated rings. The largest absolute Gasteiger partial charge is 0.378 e. The molecule has 4 heterocycles. The topological polar surface area (TPSA) is 71.7 Å². The smallest absolute Gasteiger partial charge is 0.241 e. The van der Waals surface area contributed by atoms with Crippen molar-refractivity contribution in [3.05, 3.63) is 23.4 Å². The van der Waals surface area contributed by atoms with Crippen molar-refractivity contribution in [1.82, 2.24) is 19.9 Å². The summed E-state index contributed by atoms with van der Waals surface area (Å²) in [6.07, 6.45) is 1.78. The van der Waals surface area contributed by atoms with Crippen LogP contribution in [0.1, 0.15) is 18.7 Å². The third-order valence-corrected chi connectivity index (χ3v) is 5.69. The monoisotopic (exact) mass is 362 g/mol. The maximum Gasteiger partial charge on any atom is 0.241 e. The molecule has 25 heavy (non-hydrogen) atoms. The summed E-state index contributed by atoms with van der Waals surface area (Å²) in [7, 11) is 0. The fraction of sp³-hybridized carbons (Fsp3) is 0.588. The zero-order chi connectivity index (χ0) is 17.1. The molecule has 7 nitrogen and oxygen atoms in total. The van der Waals surface area contributed by atoms with Crippen LogP contribution in [0.5, 0.6) is 0 Å². The highest BCUT2D eigenvalue weighted by molar-refractivity contribution is 7.13. The molecule has 0 saturated carbocycles. The van der Waals surface area contributed by atoms with Crippen molar-refractivity contribution in [2.24, 2.45) is 5.92 Å². The second-order valence-corrected chi connectivity index (χ2v) is 7.42. The van der Waals surface area contributed by atoms with Crippen LogP contribution in [0.3, 0.4) is 0 Å². The number of rotatable bonds is 4. The molecule has 0 unspecified atom stereocenters. The number of nitrogens with zero attached hydrogens (tertiary/aromatic N) is 4. The number of amides is 1. The Morgan fingerprint density at radius 2 is 2.04 bits per heavy atom. The lowest BCUT2D eigenvalue weighted by molar-refractivity contribution is -0.141. The second-order valence-electron chi connectivity index (χ2n) is 6.48. The summed E-state index contributed by atoms with van der Waals surface area (Å²) in [6.45, 7) is 5.20.